The van der Waals surface area contributed by atoms with Gasteiger partial charge in [-0.15, -0.1) is 0 Å². The van der Waals surface area contributed by atoms with E-state index in [9.17, 15) is 0 Å². The lowest BCUT2D eigenvalue weighted by Crippen LogP contribution is -2.55. The molecule has 2 N–H and O–H groups in total. The Hall–Kier alpha value is -1.26. The summed E-state index contributed by atoms with van der Waals surface area (Å²) in [6.45, 7) is 0.651. The van der Waals surface area contributed by atoms with Crippen LogP contribution in [0.5, 0.6) is 5.75 Å². The molecule has 1 aromatic rings. The van der Waals surface area contributed by atoms with E-state index in [2.05, 4.69) is 18.0 Å². The molecular formula is C16H26N2O2. The van der Waals surface area contributed by atoms with Crippen LogP contribution >= 0.6 is 0 Å². The average Bonchev–Trinajstić information content (AvgIpc) is 2.54. The highest BCUT2D eigenvalue weighted by molar-refractivity contribution is 5.59. The monoisotopic (exact) mass is 278 g/mol. The van der Waals surface area contributed by atoms with E-state index in [-0.39, 0.29) is 5.54 Å². The molecule has 4 heteroatoms. The van der Waals surface area contributed by atoms with E-state index in [4.69, 9.17) is 15.2 Å². The molecule has 2 rings (SSSR count). The quantitative estimate of drug-likeness (QED) is 0.898. The number of ether oxygens (including phenoxy) is 2. The van der Waals surface area contributed by atoms with Gasteiger partial charge in [0.1, 0.15) is 5.75 Å². The van der Waals surface area contributed by atoms with Crippen molar-refractivity contribution in [2.45, 2.75) is 37.3 Å². The molecule has 0 atom stereocenters. The maximum Gasteiger partial charge on any atom is 0.142 e. The van der Waals surface area contributed by atoms with Crippen LogP contribution in [-0.4, -0.2) is 39.5 Å². The lowest BCUT2D eigenvalue weighted by atomic mass is 9.79. The van der Waals surface area contributed by atoms with Gasteiger partial charge >= 0.3 is 0 Å². The Kier molecular flexibility index (Phi) is 4.89. The van der Waals surface area contributed by atoms with E-state index >= 15 is 0 Å². The maximum atomic E-state index is 6.13. The van der Waals surface area contributed by atoms with Crippen molar-refractivity contribution in [1.29, 1.82) is 0 Å². The van der Waals surface area contributed by atoms with Crippen LogP contribution < -0.4 is 15.4 Å². The molecule has 0 radical (unpaired) electrons. The smallest absolute Gasteiger partial charge is 0.142 e. The molecule has 1 saturated carbocycles. The van der Waals surface area contributed by atoms with Crippen molar-refractivity contribution in [1.82, 2.24) is 0 Å². The van der Waals surface area contributed by atoms with Gasteiger partial charge in [-0.25, -0.2) is 0 Å². The van der Waals surface area contributed by atoms with Gasteiger partial charge in [0.2, 0.25) is 0 Å². The zero-order valence-corrected chi connectivity index (χ0v) is 12.8. The molecule has 0 aromatic heterocycles. The van der Waals surface area contributed by atoms with Crippen molar-refractivity contribution in [3.63, 3.8) is 0 Å². The summed E-state index contributed by atoms with van der Waals surface area (Å²) in [5.41, 5.74) is 7.24. The fourth-order valence-corrected chi connectivity index (χ4v) is 3.20. The molecule has 4 nitrogen and oxygen atoms in total. The summed E-state index contributed by atoms with van der Waals surface area (Å²) in [6.07, 6.45) is 4.61. The van der Waals surface area contributed by atoms with Gasteiger partial charge < -0.3 is 20.1 Å². The molecular weight excluding hydrogens is 252 g/mol. The Morgan fingerprint density at radius 2 is 1.90 bits per heavy atom. The highest BCUT2D eigenvalue weighted by atomic mass is 16.5. The summed E-state index contributed by atoms with van der Waals surface area (Å²) in [5.74, 6) is 0.900. The average molecular weight is 278 g/mol. The van der Waals surface area contributed by atoms with Gasteiger partial charge in [0, 0.05) is 20.7 Å². The number of nitrogens with zero attached hydrogens (tertiary/aromatic N) is 1. The van der Waals surface area contributed by atoms with Crippen molar-refractivity contribution >= 4 is 5.69 Å². The molecule has 0 bridgehead atoms. The molecule has 112 valence electrons. The first-order valence-corrected chi connectivity index (χ1v) is 7.26. The standard InChI is InChI=1S/C16H26N2O2/c1-18(14-6-4-5-7-15(14)20-3)16(12-17)10-8-13(19-2)9-11-16/h4-7,13H,8-12,17H2,1-3H3. The van der Waals surface area contributed by atoms with Crippen molar-refractivity contribution in [3.8, 4) is 5.75 Å². The summed E-state index contributed by atoms with van der Waals surface area (Å²) in [4.78, 5) is 2.30. The first kappa shape index (κ1) is 15.1. The Morgan fingerprint density at radius 1 is 1.25 bits per heavy atom. The van der Waals surface area contributed by atoms with Crippen molar-refractivity contribution < 1.29 is 9.47 Å². The van der Waals surface area contributed by atoms with Gasteiger partial charge in [0.25, 0.3) is 0 Å². The number of anilines is 1. The molecule has 0 aliphatic heterocycles. The lowest BCUT2D eigenvalue weighted by Gasteiger charge is -2.47. The predicted molar refractivity (Wildman–Crippen MR) is 82.4 cm³/mol. The summed E-state index contributed by atoms with van der Waals surface area (Å²) < 4.78 is 11.0. The fourth-order valence-electron chi connectivity index (χ4n) is 3.20. The molecule has 0 spiro atoms. The summed E-state index contributed by atoms with van der Waals surface area (Å²) in [6, 6.07) is 8.13. The molecule has 1 fully saturated rings. The molecule has 0 unspecified atom stereocenters. The summed E-state index contributed by atoms with van der Waals surface area (Å²) in [7, 11) is 5.63. The lowest BCUT2D eigenvalue weighted by molar-refractivity contribution is 0.0504. The van der Waals surface area contributed by atoms with Crippen LogP contribution in [0.15, 0.2) is 24.3 Å². The van der Waals surface area contributed by atoms with Crippen LogP contribution in [0, 0.1) is 0 Å². The van der Waals surface area contributed by atoms with Gasteiger partial charge in [-0.1, -0.05) is 12.1 Å². The van der Waals surface area contributed by atoms with Crippen molar-refractivity contribution in [2.24, 2.45) is 5.73 Å². The number of nitrogens with two attached hydrogens (primary N) is 1. The maximum absolute atomic E-state index is 6.13. The van der Waals surface area contributed by atoms with Crippen molar-refractivity contribution in [3.05, 3.63) is 24.3 Å². The normalized spacial score (nSPS) is 26.3. The van der Waals surface area contributed by atoms with Crippen LogP contribution in [0.4, 0.5) is 5.69 Å². The van der Waals surface area contributed by atoms with E-state index < -0.39 is 0 Å². The van der Waals surface area contributed by atoms with Crippen LogP contribution in [0.3, 0.4) is 0 Å². The number of para-hydroxylation sites is 2. The van der Waals surface area contributed by atoms with E-state index in [0.29, 0.717) is 12.6 Å². The topological polar surface area (TPSA) is 47.7 Å². The minimum Gasteiger partial charge on any atom is -0.495 e. The largest absolute Gasteiger partial charge is 0.495 e. The van der Waals surface area contributed by atoms with E-state index in [1.807, 2.05) is 18.2 Å². The number of hydrogen-bond acceptors (Lipinski definition) is 4. The number of rotatable bonds is 5. The summed E-state index contributed by atoms with van der Waals surface area (Å²) >= 11 is 0. The van der Waals surface area contributed by atoms with Crippen molar-refractivity contribution in [2.75, 3.05) is 32.7 Å². The van der Waals surface area contributed by atoms with Crippen LogP contribution in [-0.2, 0) is 4.74 Å². The van der Waals surface area contributed by atoms with E-state index in [1.165, 1.54) is 0 Å². The Labute approximate surface area is 121 Å². The van der Waals surface area contributed by atoms with Crippen LogP contribution in [0.1, 0.15) is 25.7 Å². The van der Waals surface area contributed by atoms with Gasteiger partial charge in [-0.2, -0.15) is 0 Å². The minimum absolute atomic E-state index is 0.00363. The molecule has 1 aliphatic carbocycles. The molecule has 0 amide bonds. The third-order valence-electron chi connectivity index (χ3n) is 4.73. The second-order valence-corrected chi connectivity index (χ2v) is 5.59. The van der Waals surface area contributed by atoms with Gasteiger partial charge in [0.05, 0.1) is 24.4 Å². The van der Waals surface area contributed by atoms with Gasteiger partial charge in [0.15, 0.2) is 0 Å². The second-order valence-electron chi connectivity index (χ2n) is 5.59. The number of methoxy groups -OCH3 is 2. The first-order valence-electron chi connectivity index (χ1n) is 7.26. The molecule has 20 heavy (non-hydrogen) atoms. The third-order valence-corrected chi connectivity index (χ3v) is 4.73. The van der Waals surface area contributed by atoms with Crippen LogP contribution in [0.25, 0.3) is 0 Å². The van der Waals surface area contributed by atoms with E-state index in [1.54, 1.807) is 14.2 Å². The zero-order chi connectivity index (χ0) is 14.6. The second kappa shape index (κ2) is 6.46. The highest BCUT2D eigenvalue weighted by Gasteiger charge is 2.38. The molecule has 1 aliphatic rings. The zero-order valence-electron chi connectivity index (χ0n) is 12.8. The Bertz CT molecular complexity index is 428. The molecule has 0 saturated heterocycles. The van der Waals surface area contributed by atoms with Crippen LogP contribution in [0.2, 0.25) is 0 Å². The minimum atomic E-state index is 0.00363. The van der Waals surface area contributed by atoms with Gasteiger partial charge in [-0.05, 0) is 37.8 Å². The SMILES string of the molecule is COc1ccccc1N(C)C1(CN)CCC(OC)CC1. The first-order chi connectivity index (χ1) is 9.66. The predicted octanol–water partition coefficient (Wildman–Crippen LogP) is 2.42. The number of hydrogen-bond donors (Lipinski definition) is 1. The Balaban J connectivity index is 2.23. The van der Waals surface area contributed by atoms with Gasteiger partial charge in [-0.3, -0.25) is 0 Å². The number of benzene rings is 1. The Morgan fingerprint density at radius 3 is 2.45 bits per heavy atom. The summed E-state index contributed by atoms with van der Waals surface area (Å²) in [5, 5.41) is 0. The van der Waals surface area contributed by atoms with E-state index in [0.717, 1.165) is 37.1 Å². The third kappa shape index (κ3) is 2.76. The molecule has 1 aromatic carbocycles. The molecule has 0 heterocycles. The number of likely N-dealkylation sites (N-methyl/N-ethyl adjacent to an activating group) is 1. The highest BCUT2D eigenvalue weighted by Crippen LogP contribution is 2.39. The fraction of sp³-hybridized carbons (Fsp3) is 0.625.